The van der Waals surface area contributed by atoms with E-state index in [9.17, 15) is 4.79 Å². The molecule has 0 unspecified atom stereocenters. The Kier molecular flexibility index (Phi) is 7.03. The molecule has 102 valence electrons. The van der Waals surface area contributed by atoms with Crippen molar-refractivity contribution in [3.05, 3.63) is 33.4 Å². The number of hydrogen-bond donors (Lipinski definition) is 0. The summed E-state index contributed by atoms with van der Waals surface area (Å²) in [4.78, 5) is 14.2. The minimum atomic E-state index is 0.120. The second kappa shape index (κ2) is 8.28. The first-order chi connectivity index (χ1) is 9.02. The van der Waals surface area contributed by atoms with Crippen molar-refractivity contribution >= 4 is 28.4 Å². The van der Waals surface area contributed by atoms with Crippen molar-refractivity contribution in [2.75, 3.05) is 19.6 Å². The molecule has 0 saturated heterocycles. The maximum atomic E-state index is 12.2. The summed E-state index contributed by atoms with van der Waals surface area (Å²) < 4.78 is 1.12. The largest absolute Gasteiger partial charge is 0.295 e. The van der Waals surface area contributed by atoms with Crippen molar-refractivity contribution < 1.29 is 4.79 Å². The molecule has 0 atom stereocenters. The van der Waals surface area contributed by atoms with Crippen LogP contribution in [-0.4, -0.2) is 30.3 Å². The summed E-state index contributed by atoms with van der Waals surface area (Å²) in [6, 6.07) is 9.74. The summed E-state index contributed by atoms with van der Waals surface area (Å²) in [5.74, 6) is 0.609. The third kappa shape index (κ3) is 6.17. The van der Waals surface area contributed by atoms with Crippen LogP contribution < -0.4 is 0 Å². The van der Waals surface area contributed by atoms with Gasteiger partial charge in [0.25, 0.3) is 0 Å². The van der Waals surface area contributed by atoms with Crippen molar-refractivity contribution in [2.45, 2.75) is 20.3 Å². The molecule has 0 heterocycles. The highest BCUT2D eigenvalue weighted by atomic mass is 127. The molecule has 0 N–H and O–H groups in total. The van der Waals surface area contributed by atoms with E-state index in [0.29, 0.717) is 25.4 Å². The van der Waals surface area contributed by atoms with Gasteiger partial charge in [0.1, 0.15) is 0 Å². The van der Waals surface area contributed by atoms with Gasteiger partial charge in [-0.05, 0) is 40.6 Å². The van der Waals surface area contributed by atoms with Gasteiger partial charge < -0.3 is 0 Å². The molecule has 0 spiro atoms. The van der Waals surface area contributed by atoms with Crippen LogP contribution in [0.2, 0.25) is 0 Å². The lowest BCUT2D eigenvalue weighted by Crippen LogP contribution is -2.33. The number of hydrogen-bond acceptors (Lipinski definition) is 3. The predicted molar refractivity (Wildman–Crippen MR) is 85.0 cm³/mol. The lowest BCUT2D eigenvalue weighted by Gasteiger charge is -2.22. The van der Waals surface area contributed by atoms with Gasteiger partial charge in [-0.1, -0.05) is 26.0 Å². The zero-order valence-electron chi connectivity index (χ0n) is 11.4. The Morgan fingerprint density at radius 1 is 1.37 bits per heavy atom. The van der Waals surface area contributed by atoms with Crippen LogP contribution in [0, 0.1) is 20.8 Å². The second-order valence-electron chi connectivity index (χ2n) is 4.97. The Morgan fingerprint density at radius 3 is 2.53 bits per heavy atom. The van der Waals surface area contributed by atoms with Crippen LogP contribution in [0.5, 0.6) is 0 Å². The van der Waals surface area contributed by atoms with Gasteiger partial charge in [-0.3, -0.25) is 9.69 Å². The van der Waals surface area contributed by atoms with Gasteiger partial charge >= 0.3 is 0 Å². The van der Waals surface area contributed by atoms with E-state index < -0.39 is 0 Å². The summed E-state index contributed by atoms with van der Waals surface area (Å²) >= 11 is 2.22. The molecule has 0 bridgehead atoms. The van der Waals surface area contributed by atoms with Crippen LogP contribution in [0.1, 0.15) is 30.6 Å². The Bertz CT molecular complexity index is 448. The van der Waals surface area contributed by atoms with Crippen molar-refractivity contribution in [3.63, 3.8) is 0 Å². The van der Waals surface area contributed by atoms with Crippen molar-refractivity contribution in [3.8, 4) is 6.07 Å². The van der Waals surface area contributed by atoms with Gasteiger partial charge in [-0.2, -0.15) is 5.26 Å². The maximum Gasteiger partial charge on any atom is 0.176 e. The standard InChI is InChI=1S/C15H19IN2O/c1-12(2)10-18(9-3-8-17)11-15(19)13-4-6-14(16)7-5-13/h4-7,12H,3,9-11H2,1-2H3. The summed E-state index contributed by atoms with van der Waals surface area (Å²) in [5, 5.41) is 8.67. The SMILES string of the molecule is CC(C)CN(CCC#N)CC(=O)c1ccc(I)cc1. The van der Waals surface area contributed by atoms with Crippen LogP contribution in [-0.2, 0) is 0 Å². The Morgan fingerprint density at radius 2 is 2.00 bits per heavy atom. The minimum absolute atomic E-state index is 0.120. The fourth-order valence-corrected chi connectivity index (χ4v) is 2.25. The number of nitriles is 1. The first-order valence-electron chi connectivity index (χ1n) is 6.41. The quantitative estimate of drug-likeness (QED) is 0.546. The van der Waals surface area contributed by atoms with E-state index in [2.05, 4.69) is 47.4 Å². The minimum Gasteiger partial charge on any atom is -0.295 e. The predicted octanol–water partition coefficient (Wildman–Crippen LogP) is 3.35. The van der Waals surface area contributed by atoms with Gasteiger partial charge in [-0.25, -0.2) is 0 Å². The van der Waals surface area contributed by atoms with Crippen molar-refractivity contribution in [1.29, 1.82) is 5.26 Å². The molecular weight excluding hydrogens is 351 g/mol. The number of rotatable bonds is 7. The Balaban J connectivity index is 2.64. The average molecular weight is 370 g/mol. The molecule has 19 heavy (non-hydrogen) atoms. The van der Waals surface area contributed by atoms with Crippen LogP contribution in [0.3, 0.4) is 0 Å². The molecular formula is C15H19IN2O. The Hall–Kier alpha value is -0.930. The topological polar surface area (TPSA) is 44.1 Å². The van der Waals surface area contributed by atoms with E-state index in [1.54, 1.807) is 0 Å². The van der Waals surface area contributed by atoms with Gasteiger partial charge in [-0.15, -0.1) is 0 Å². The molecule has 4 heteroatoms. The van der Waals surface area contributed by atoms with E-state index in [0.717, 1.165) is 15.7 Å². The van der Waals surface area contributed by atoms with Gasteiger partial charge in [0.05, 0.1) is 12.6 Å². The highest BCUT2D eigenvalue weighted by Crippen LogP contribution is 2.09. The van der Waals surface area contributed by atoms with Crippen LogP contribution >= 0.6 is 22.6 Å². The lowest BCUT2D eigenvalue weighted by molar-refractivity contribution is 0.0924. The monoisotopic (exact) mass is 370 g/mol. The summed E-state index contributed by atoms with van der Waals surface area (Å²) in [5.41, 5.74) is 0.742. The molecule has 1 aromatic carbocycles. The zero-order valence-corrected chi connectivity index (χ0v) is 13.6. The maximum absolute atomic E-state index is 12.2. The first-order valence-corrected chi connectivity index (χ1v) is 7.49. The number of benzene rings is 1. The van der Waals surface area contributed by atoms with Crippen LogP contribution in [0.15, 0.2) is 24.3 Å². The third-order valence-electron chi connectivity index (χ3n) is 2.70. The fourth-order valence-electron chi connectivity index (χ4n) is 1.89. The van der Waals surface area contributed by atoms with Crippen LogP contribution in [0.25, 0.3) is 0 Å². The molecule has 0 aliphatic rings. The van der Waals surface area contributed by atoms with E-state index >= 15 is 0 Å². The average Bonchev–Trinajstić information content (AvgIpc) is 2.36. The second-order valence-corrected chi connectivity index (χ2v) is 6.21. The molecule has 0 aliphatic carbocycles. The highest BCUT2D eigenvalue weighted by Gasteiger charge is 2.13. The summed E-state index contributed by atoms with van der Waals surface area (Å²) in [7, 11) is 0. The first kappa shape index (κ1) is 16.1. The fraction of sp³-hybridized carbons (Fsp3) is 0.467. The number of Topliss-reactive ketones (excluding diaryl/α,β-unsaturated/α-hetero) is 1. The molecule has 0 fully saturated rings. The van der Waals surface area contributed by atoms with Gasteiger partial charge in [0.2, 0.25) is 0 Å². The molecule has 0 radical (unpaired) electrons. The lowest BCUT2D eigenvalue weighted by atomic mass is 10.1. The van der Waals surface area contributed by atoms with E-state index in [1.165, 1.54) is 0 Å². The van der Waals surface area contributed by atoms with Gasteiger partial charge in [0, 0.05) is 28.6 Å². The van der Waals surface area contributed by atoms with Crippen LogP contribution in [0.4, 0.5) is 0 Å². The van der Waals surface area contributed by atoms with E-state index in [-0.39, 0.29) is 5.78 Å². The normalized spacial score (nSPS) is 10.7. The molecule has 0 saturated carbocycles. The number of halogens is 1. The molecule has 1 aromatic rings. The van der Waals surface area contributed by atoms with Gasteiger partial charge in [0.15, 0.2) is 5.78 Å². The van der Waals surface area contributed by atoms with E-state index in [1.807, 2.05) is 24.3 Å². The summed E-state index contributed by atoms with van der Waals surface area (Å²) in [6.07, 6.45) is 0.465. The smallest absolute Gasteiger partial charge is 0.176 e. The Labute approximate surface area is 128 Å². The summed E-state index contributed by atoms with van der Waals surface area (Å²) in [6.45, 7) is 6.13. The molecule has 0 aromatic heterocycles. The number of nitrogens with zero attached hydrogens (tertiary/aromatic N) is 2. The molecule has 0 amide bonds. The molecule has 3 nitrogen and oxygen atoms in total. The molecule has 0 aliphatic heterocycles. The van der Waals surface area contributed by atoms with E-state index in [4.69, 9.17) is 5.26 Å². The molecule has 1 rings (SSSR count). The highest BCUT2D eigenvalue weighted by molar-refractivity contribution is 14.1. The van der Waals surface area contributed by atoms with Crippen molar-refractivity contribution in [1.82, 2.24) is 4.90 Å². The third-order valence-corrected chi connectivity index (χ3v) is 3.42. The number of ketones is 1. The number of carbonyl (C=O) groups excluding carboxylic acids is 1. The number of carbonyl (C=O) groups is 1. The zero-order chi connectivity index (χ0) is 14.3. The van der Waals surface area contributed by atoms with Crippen molar-refractivity contribution in [2.24, 2.45) is 5.92 Å².